The fraction of sp³-hybridized carbons (Fsp3) is 1.00. The lowest BCUT2D eigenvalue weighted by Crippen LogP contribution is -2.37. The van der Waals surface area contributed by atoms with Crippen LogP contribution in [0.2, 0.25) is 0 Å². The van der Waals surface area contributed by atoms with Gasteiger partial charge in [-0.1, -0.05) is 48.5 Å². The summed E-state index contributed by atoms with van der Waals surface area (Å²) in [5, 5.41) is 0.909. The van der Waals surface area contributed by atoms with E-state index in [-0.39, 0.29) is 5.54 Å². The van der Waals surface area contributed by atoms with Crippen LogP contribution in [0.15, 0.2) is 0 Å². The molecular formula is C9H20BrN. The van der Waals surface area contributed by atoms with Crippen LogP contribution in [0.5, 0.6) is 0 Å². The number of rotatable bonds is 6. The topological polar surface area (TPSA) is 26.0 Å². The Morgan fingerprint density at radius 2 is 1.91 bits per heavy atom. The average Bonchev–Trinajstić information content (AvgIpc) is 1.99. The third-order valence-electron chi connectivity index (χ3n) is 1.91. The fourth-order valence-electron chi connectivity index (χ4n) is 1.02. The Balaban J connectivity index is 3.23. The molecule has 0 aliphatic heterocycles. The standard InChI is InChI=1S/C9H20BrN/c1-3-4-5-6-7-9(2,11)8-10/h3-8,11H2,1-2H3. The maximum atomic E-state index is 5.95. The monoisotopic (exact) mass is 221 g/mol. The molecule has 0 saturated carbocycles. The predicted octanol–water partition coefficient (Wildman–Crippen LogP) is 3.07. The highest BCUT2D eigenvalue weighted by molar-refractivity contribution is 9.09. The Morgan fingerprint density at radius 1 is 1.27 bits per heavy atom. The first kappa shape index (κ1) is 11.4. The fourth-order valence-corrected chi connectivity index (χ4v) is 1.30. The SMILES string of the molecule is CCCCCCC(C)(N)CBr. The summed E-state index contributed by atoms with van der Waals surface area (Å²) in [6, 6.07) is 0. The van der Waals surface area contributed by atoms with Gasteiger partial charge in [0.15, 0.2) is 0 Å². The van der Waals surface area contributed by atoms with Crippen molar-refractivity contribution in [1.29, 1.82) is 0 Å². The van der Waals surface area contributed by atoms with Gasteiger partial charge in [0, 0.05) is 10.9 Å². The Bertz CT molecular complexity index is 91.6. The number of halogens is 1. The quantitative estimate of drug-likeness (QED) is 0.542. The second-order valence-corrected chi connectivity index (χ2v) is 4.16. The van der Waals surface area contributed by atoms with Gasteiger partial charge in [0.05, 0.1) is 0 Å². The minimum atomic E-state index is 0.00768. The summed E-state index contributed by atoms with van der Waals surface area (Å²) in [5.74, 6) is 0. The molecule has 11 heavy (non-hydrogen) atoms. The van der Waals surface area contributed by atoms with Crippen LogP contribution in [0.25, 0.3) is 0 Å². The van der Waals surface area contributed by atoms with E-state index in [0.29, 0.717) is 0 Å². The molecule has 0 aliphatic rings. The molecule has 1 atom stereocenters. The van der Waals surface area contributed by atoms with Crippen molar-refractivity contribution in [3.63, 3.8) is 0 Å². The molecule has 0 spiro atoms. The molecule has 0 radical (unpaired) electrons. The summed E-state index contributed by atoms with van der Waals surface area (Å²) in [4.78, 5) is 0. The number of hydrogen-bond acceptors (Lipinski definition) is 1. The molecule has 0 bridgehead atoms. The van der Waals surface area contributed by atoms with E-state index in [9.17, 15) is 0 Å². The van der Waals surface area contributed by atoms with Crippen LogP contribution in [0.3, 0.4) is 0 Å². The highest BCUT2D eigenvalue weighted by atomic mass is 79.9. The predicted molar refractivity (Wildman–Crippen MR) is 55.1 cm³/mol. The first-order valence-electron chi connectivity index (χ1n) is 4.47. The van der Waals surface area contributed by atoms with E-state index in [1.807, 2.05) is 0 Å². The lowest BCUT2D eigenvalue weighted by Gasteiger charge is -2.21. The molecule has 0 aromatic rings. The van der Waals surface area contributed by atoms with Crippen LogP contribution < -0.4 is 5.73 Å². The van der Waals surface area contributed by atoms with Gasteiger partial charge in [-0.25, -0.2) is 0 Å². The molecular weight excluding hydrogens is 202 g/mol. The average molecular weight is 222 g/mol. The zero-order valence-electron chi connectivity index (χ0n) is 7.70. The summed E-state index contributed by atoms with van der Waals surface area (Å²) < 4.78 is 0. The molecule has 0 amide bonds. The number of unbranched alkanes of at least 4 members (excludes halogenated alkanes) is 3. The summed E-state index contributed by atoms with van der Waals surface area (Å²) in [7, 11) is 0. The molecule has 0 aromatic carbocycles. The van der Waals surface area contributed by atoms with Gasteiger partial charge < -0.3 is 5.73 Å². The van der Waals surface area contributed by atoms with Gasteiger partial charge >= 0.3 is 0 Å². The van der Waals surface area contributed by atoms with Crippen LogP contribution in [-0.4, -0.2) is 10.9 Å². The Labute approximate surface area is 78.9 Å². The number of hydrogen-bond donors (Lipinski definition) is 1. The number of alkyl halides is 1. The first-order chi connectivity index (χ1) is 5.12. The second-order valence-electron chi connectivity index (χ2n) is 3.60. The molecule has 0 rings (SSSR count). The van der Waals surface area contributed by atoms with Crippen LogP contribution in [-0.2, 0) is 0 Å². The summed E-state index contributed by atoms with van der Waals surface area (Å²) in [6.07, 6.45) is 6.38. The lowest BCUT2D eigenvalue weighted by molar-refractivity contribution is 0.454. The van der Waals surface area contributed by atoms with Gasteiger partial charge in [-0.2, -0.15) is 0 Å². The van der Waals surface area contributed by atoms with Gasteiger partial charge in [0.2, 0.25) is 0 Å². The zero-order valence-corrected chi connectivity index (χ0v) is 9.28. The van der Waals surface area contributed by atoms with E-state index in [1.54, 1.807) is 0 Å². The molecule has 2 heteroatoms. The molecule has 2 N–H and O–H groups in total. The van der Waals surface area contributed by atoms with E-state index in [0.717, 1.165) is 11.8 Å². The van der Waals surface area contributed by atoms with Gasteiger partial charge in [0.1, 0.15) is 0 Å². The summed E-state index contributed by atoms with van der Waals surface area (Å²) >= 11 is 3.42. The van der Waals surface area contributed by atoms with E-state index < -0.39 is 0 Å². The minimum absolute atomic E-state index is 0.00768. The molecule has 0 fully saturated rings. The Hall–Kier alpha value is 0.440. The molecule has 1 nitrogen and oxygen atoms in total. The van der Waals surface area contributed by atoms with Crippen LogP contribution in [0.4, 0.5) is 0 Å². The molecule has 0 saturated heterocycles. The third kappa shape index (κ3) is 6.82. The Morgan fingerprint density at radius 3 is 2.36 bits per heavy atom. The van der Waals surface area contributed by atoms with Crippen molar-refractivity contribution in [3.8, 4) is 0 Å². The molecule has 68 valence electrons. The van der Waals surface area contributed by atoms with Crippen molar-refractivity contribution in [2.75, 3.05) is 5.33 Å². The third-order valence-corrected chi connectivity index (χ3v) is 3.19. The van der Waals surface area contributed by atoms with Gasteiger partial charge in [-0.15, -0.1) is 0 Å². The van der Waals surface area contributed by atoms with Crippen molar-refractivity contribution < 1.29 is 0 Å². The lowest BCUT2D eigenvalue weighted by atomic mass is 9.98. The van der Waals surface area contributed by atoms with Crippen molar-refractivity contribution >= 4 is 15.9 Å². The van der Waals surface area contributed by atoms with E-state index in [4.69, 9.17) is 5.73 Å². The maximum Gasteiger partial charge on any atom is 0.0223 e. The number of nitrogens with two attached hydrogens (primary N) is 1. The first-order valence-corrected chi connectivity index (χ1v) is 5.59. The molecule has 0 aliphatic carbocycles. The highest BCUT2D eigenvalue weighted by Crippen LogP contribution is 2.14. The van der Waals surface area contributed by atoms with Crippen LogP contribution in [0, 0.1) is 0 Å². The maximum absolute atomic E-state index is 5.95. The van der Waals surface area contributed by atoms with E-state index in [2.05, 4.69) is 29.8 Å². The van der Waals surface area contributed by atoms with Crippen LogP contribution >= 0.6 is 15.9 Å². The molecule has 0 heterocycles. The summed E-state index contributed by atoms with van der Waals surface area (Å²) in [5.41, 5.74) is 5.96. The van der Waals surface area contributed by atoms with Crippen LogP contribution in [0.1, 0.15) is 46.0 Å². The minimum Gasteiger partial charge on any atom is -0.325 e. The highest BCUT2D eigenvalue weighted by Gasteiger charge is 2.14. The zero-order chi connectivity index (χ0) is 8.74. The van der Waals surface area contributed by atoms with Crippen molar-refractivity contribution in [2.45, 2.75) is 51.5 Å². The Kier molecular flexibility index (Phi) is 6.25. The van der Waals surface area contributed by atoms with Crippen molar-refractivity contribution in [1.82, 2.24) is 0 Å². The van der Waals surface area contributed by atoms with Crippen molar-refractivity contribution in [3.05, 3.63) is 0 Å². The van der Waals surface area contributed by atoms with E-state index >= 15 is 0 Å². The second kappa shape index (κ2) is 6.01. The van der Waals surface area contributed by atoms with Crippen molar-refractivity contribution in [2.24, 2.45) is 5.73 Å². The summed E-state index contributed by atoms with van der Waals surface area (Å²) in [6.45, 7) is 4.33. The smallest absolute Gasteiger partial charge is 0.0223 e. The normalized spacial score (nSPS) is 16.4. The van der Waals surface area contributed by atoms with E-state index in [1.165, 1.54) is 25.7 Å². The van der Waals surface area contributed by atoms with Gasteiger partial charge in [-0.3, -0.25) is 0 Å². The van der Waals surface area contributed by atoms with Gasteiger partial charge in [-0.05, 0) is 13.3 Å². The largest absolute Gasteiger partial charge is 0.325 e. The van der Waals surface area contributed by atoms with Gasteiger partial charge in [0.25, 0.3) is 0 Å². The molecule has 0 aromatic heterocycles. The molecule has 1 unspecified atom stereocenters.